The molecule has 0 saturated carbocycles. The predicted molar refractivity (Wildman–Crippen MR) is 74.9 cm³/mol. The normalized spacial score (nSPS) is 28.6. The number of esters is 1. The maximum absolute atomic E-state index is 12.5. The van der Waals surface area contributed by atoms with E-state index in [0.717, 1.165) is 12.8 Å². The first kappa shape index (κ1) is 14.8. The predicted octanol–water partition coefficient (Wildman–Crippen LogP) is 2.93. The van der Waals surface area contributed by atoms with E-state index in [9.17, 15) is 9.59 Å². The zero-order valence-corrected chi connectivity index (χ0v) is 12.2. The van der Waals surface area contributed by atoms with Gasteiger partial charge in [0.2, 0.25) is 0 Å². The Morgan fingerprint density at radius 3 is 2.85 bits per heavy atom. The topological polar surface area (TPSA) is 52.6 Å². The highest BCUT2D eigenvalue weighted by Crippen LogP contribution is 2.52. The molecule has 2 aliphatic rings. The molecule has 1 heterocycles. The highest BCUT2D eigenvalue weighted by Gasteiger charge is 2.52. The maximum Gasteiger partial charge on any atom is 0.337 e. The summed E-state index contributed by atoms with van der Waals surface area (Å²) in [6.45, 7) is 7.71. The molecule has 2 rings (SSSR count). The number of rotatable bonds is 5. The Balaban J connectivity index is 2.46. The average molecular weight is 278 g/mol. The number of carbonyl (C=O) groups excluding carboxylic acids is 2. The molecular formula is C16H22O4. The van der Waals surface area contributed by atoms with Crippen molar-refractivity contribution >= 4 is 11.8 Å². The number of ether oxygens (including phenoxy) is 2. The molecule has 4 heteroatoms. The lowest BCUT2D eigenvalue weighted by Crippen LogP contribution is -2.34. The lowest BCUT2D eigenvalue weighted by atomic mass is 9.69. The smallest absolute Gasteiger partial charge is 0.337 e. The van der Waals surface area contributed by atoms with Crippen LogP contribution in [0.4, 0.5) is 0 Å². The van der Waals surface area contributed by atoms with Crippen molar-refractivity contribution in [2.75, 3.05) is 6.61 Å². The molecule has 1 aliphatic heterocycles. The number of Topliss-reactive ketones (excluding diaryl/α,β-unsaturated/α-hetero) is 1. The lowest BCUT2D eigenvalue weighted by molar-refractivity contribution is -0.139. The Bertz CT molecular complexity index is 463. The van der Waals surface area contributed by atoms with Gasteiger partial charge in [0.25, 0.3) is 0 Å². The Morgan fingerprint density at radius 1 is 1.50 bits per heavy atom. The molecule has 0 aromatic rings. The van der Waals surface area contributed by atoms with E-state index in [2.05, 4.69) is 6.58 Å². The molecule has 1 fully saturated rings. The van der Waals surface area contributed by atoms with Crippen LogP contribution in [0.15, 0.2) is 24.0 Å². The van der Waals surface area contributed by atoms with Crippen LogP contribution in [-0.4, -0.2) is 24.5 Å². The van der Waals surface area contributed by atoms with Crippen molar-refractivity contribution in [3.05, 3.63) is 24.0 Å². The third-order valence-electron chi connectivity index (χ3n) is 4.20. The Kier molecular flexibility index (Phi) is 4.31. The first-order chi connectivity index (χ1) is 9.58. The van der Waals surface area contributed by atoms with Crippen LogP contribution in [0.1, 0.15) is 46.0 Å². The lowest BCUT2D eigenvalue weighted by Gasteiger charge is -2.31. The minimum absolute atomic E-state index is 0.151. The first-order valence-corrected chi connectivity index (χ1v) is 7.32. The zero-order valence-electron chi connectivity index (χ0n) is 12.2. The fraction of sp³-hybridized carbons (Fsp3) is 0.625. The largest absolute Gasteiger partial charge is 0.489 e. The van der Waals surface area contributed by atoms with E-state index in [1.165, 1.54) is 0 Å². The molecule has 0 spiro atoms. The Labute approximate surface area is 119 Å². The van der Waals surface area contributed by atoms with Gasteiger partial charge in [0.05, 0.1) is 17.6 Å². The SMILES string of the molecule is C=C[C@H]1C[C@@]2(C(=O)CC)CCCC(C(=O)OCC)=C2O1. The second-order valence-electron chi connectivity index (χ2n) is 5.34. The van der Waals surface area contributed by atoms with Crippen molar-refractivity contribution in [1.29, 1.82) is 0 Å². The molecule has 1 saturated heterocycles. The third kappa shape index (κ3) is 2.28. The van der Waals surface area contributed by atoms with Crippen molar-refractivity contribution in [3.63, 3.8) is 0 Å². The summed E-state index contributed by atoms with van der Waals surface area (Å²) >= 11 is 0. The van der Waals surface area contributed by atoms with Gasteiger partial charge in [0.15, 0.2) is 0 Å². The number of fused-ring (bicyclic) bond motifs is 1. The molecule has 4 nitrogen and oxygen atoms in total. The quantitative estimate of drug-likeness (QED) is 0.573. The van der Waals surface area contributed by atoms with Crippen LogP contribution >= 0.6 is 0 Å². The second kappa shape index (κ2) is 5.81. The van der Waals surface area contributed by atoms with E-state index in [-0.39, 0.29) is 17.9 Å². The van der Waals surface area contributed by atoms with E-state index >= 15 is 0 Å². The Hall–Kier alpha value is -1.58. The van der Waals surface area contributed by atoms with Gasteiger partial charge in [0.1, 0.15) is 17.6 Å². The van der Waals surface area contributed by atoms with Gasteiger partial charge in [-0.05, 0) is 26.2 Å². The molecule has 0 unspecified atom stereocenters. The van der Waals surface area contributed by atoms with E-state index in [1.54, 1.807) is 13.0 Å². The molecule has 0 N–H and O–H groups in total. The van der Waals surface area contributed by atoms with Gasteiger partial charge in [-0.3, -0.25) is 4.79 Å². The Morgan fingerprint density at radius 2 is 2.25 bits per heavy atom. The summed E-state index contributed by atoms with van der Waals surface area (Å²) in [5.74, 6) is 0.359. The minimum Gasteiger partial charge on any atom is -0.489 e. The summed E-state index contributed by atoms with van der Waals surface area (Å²) in [5, 5.41) is 0. The summed E-state index contributed by atoms with van der Waals surface area (Å²) in [7, 11) is 0. The van der Waals surface area contributed by atoms with Crippen LogP contribution < -0.4 is 0 Å². The van der Waals surface area contributed by atoms with Crippen LogP contribution in [0.2, 0.25) is 0 Å². The molecule has 0 bridgehead atoms. The molecule has 2 atom stereocenters. The van der Waals surface area contributed by atoms with E-state index in [4.69, 9.17) is 9.47 Å². The van der Waals surface area contributed by atoms with E-state index < -0.39 is 5.41 Å². The van der Waals surface area contributed by atoms with Crippen LogP contribution in [-0.2, 0) is 19.1 Å². The highest BCUT2D eigenvalue weighted by atomic mass is 16.5. The monoisotopic (exact) mass is 278 g/mol. The molecule has 0 radical (unpaired) electrons. The fourth-order valence-corrected chi connectivity index (χ4v) is 3.26. The van der Waals surface area contributed by atoms with Gasteiger partial charge in [-0.25, -0.2) is 4.79 Å². The second-order valence-corrected chi connectivity index (χ2v) is 5.34. The molecule has 1 aliphatic carbocycles. The zero-order chi connectivity index (χ0) is 14.8. The molecule has 110 valence electrons. The fourth-order valence-electron chi connectivity index (χ4n) is 3.26. The molecule has 0 aromatic heterocycles. The van der Waals surface area contributed by atoms with E-state index in [0.29, 0.717) is 37.2 Å². The number of hydrogen-bond donors (Lipinski definition) is 0. The summed E-state index contributed by atoms with van der Waals surface area (Å²) in [6.07, 6.45) is 4.76. The van der Waals surface area contributed by atoms with Crippen LogP contribution in [0.25, 0.3) is 0 Å². The van der Waals surface area contributed by atoms with Gasteiger partial charge in [-0.2, -0.15) is 0 Å². The number of carbonyl (C=O) groups is 2. The number of ketones is 1. The van der Waals surface area contributed by atoms with Crippen molar-refractivity contribution in [2.24, 2.45) is 5.41 Å². The average Bonchev–Trinajstić information content (AvgIpc) is 2.86. The minimum atomic E-state index is -0.631. The van der Waals surface area contributed by atoms with Crippen LogP contribution in [0.5, 0.6) is 0 Å². The highest BCUT2D eigenvalue weighted by molar-refractivity contribution is 5.94. The van der Waals surface area contributed by atoms with Crippen LogP contribution in [0.3, 0.4) is 0 Å². The van der Waals surface area contributed by atoms with Gasteiger partial charge < -0.3 is 9.47 Å². The summed E-state index contributed by atoms with van der Waals surface area (Å²) in [4.78, 5) is 24.5. The standard InChI is InChI=1S/C16H22O4/c1-4-11-10-16(13(17)5-2)9-7-8-12(14(16)20-11)15(18)19-6-3/h4,11H,1,5-10H2,2-3H3/t11-,16+/m0/s1. The van der Waals surface area contributed by atoms with Crippen molar-refractivity contribution < 1.29 is 19.1 Å². The molecule has 20 heavy (non-hydrogen) atoms. The van der Waals surface area contributed by atoms with Crippen molar-refractivity contribution in [2.45, 2.75) is 52.1 Å². The number of allylic oxidation sites excluding steroid dienone is 1. The van der Waals surface area contributed by atoms with Gasteiger partial charge in [0, 0.05) is 12.8 Å². The maximum atomic E-state index is 12.5. The van der Waals surface area contributed by atoms with Crippen molar-refractivity contribution in [3.8, 4) is 0 Å². The number of hydrogen-bond acceptors (Lipinski definition) is 4. The summed E-state index contributed by atoms with van der Waals surface area (Å²) in [6, 6.07) is 0. The van der Waals surface area contributed by atoms with Gasteiger partial charge in [-0.1, -0.05) is 19.6 Å². The molecule has 0 amide bonds. The summed E-state index contributed by atoms with van der Waals surface area (Å²) < 4.78 is 11.0. The van der Waals surface area contributed by atoms with Crippen LogP contribution in [0, 0.1) is 5.41 Å². The van der Waals surface area contributed by atoms with Gasteiger partial charge in [-0.15, -0.1) is 0 Å². The molecule has 0 aromatic carbocycles. The first-order valence-electron chi connectivity index (χ1n) is 7.32. The van der Waals surface area contributed by atoms with Crippen molar-refractivity contribution in [1.82, 2.24) is 0 Å². The van der Waals surface area contributed by atoms with E-state index in [1.807, 2.05) is 6.92 Å². The third-order valence-corrected chi connectivity index (χ3v) is 4.20. The molecular weight excluding hydrogens is 256 g/mol. The van der Waals surface area contributed by atoms with Gasteiger partial charge >= 0.3 is 5.97 Å². The summed E-state index contributed by atoms with van der Waals surface area (Å²) in [5.41, 5.74) is -0.0854.